The molecule has 2 rings (SSSR count). The predicted molar refractivity (Wildman–Crippen MR) is 89.8 cm³/mol. The van der Waals surface area contributed by atoms with Gasteiger partial charge in [0.1, 0.15) is 12.0 Å². The minimum atomic E-state index is -0.281. The highest BCUT2D eigenvalue weighted by Crippen LogP contribution is 2.25. The number of rotatable bonds is 5. The van der Waals surface area contributed by atoms with Gasteiger partial charge in [-0.25, -0.2) is 0 Å². The molecule has 22 heavy (non-hydrogen) atoms. The number of aryl methyl sites for hydroxylation is 1. The molecule has 0 spiro atoms. The van der Waals surface area contributed by atoms with Gasteiger partial charge in [0.2, 0.25) is 0 Å². The van der Waals surface area contributed by atoms with Crippen molar-refractivity contribution in [1.29, 1.82) is 0 Å². The van der Waals surface area contributed by atoms with Crippen LogP contribution in [0.4, 0.5) is 5.69 Å². The number of nitrogens with one attached hydrogen (secondary N) is 1. The van der Waals surface area contributed by atoms with Crippen LogP contribution in [0.3, 0.4) is 0 Å². The first-order chi connectivity index (χ1) is 10.5. The average Bonchev–Trinajstić information content (AvgIpc) is 2.48. The fraction of sp³-hybridized carbons (Fsp3) is 0.125. The van der Waals surface area contributed by atoms with Gasteiger partial charge in [-0.1, -0.05) is 11.6 Å². The Kier molecular flexibility index (Phi) is 5.57. The Bertz CT molecular complexity index is 719. The van der Waals surface area contributed by atoms with Crippen molar-refractivity contribution in [1.82, 2.24) is 0 Å². The second kappa shape index (κ2) is 7.42. The van der Waals surface area contributed by atoms with Gasteiger partial charge in [-0.2, -0.15) is 0 Å². The van der Waals surface area contributed by atoms with E-state index in [0.29, 0.717) is 26.5 Å². The molecule has 0 aliphatic carbocycles. The van der Waals surface area contributed by atoms with E-state index in [1.54, 1.807) is 36.4 Å². The Labute approximate surface area is 141 Å². The molecule has 0 aliphatic rings. The van der Waals surface area contributed by atoms with Gasteiger partial charge in [-0.15, -0.1) is 0 Å². The number of aldehydes is 1. The van der Waals surface area contributed by atoms with Crippen molar-refractivity contribution >= 4 is 45.4 Å². The van der Waals surface area contributed by atoms with Crippen molar-refractivity contribution < 1.29 is 14.3 Å². The zero-order valence-corrected chi connectivity index (χ0v) is 14.1. The van der Waals surface area contributed by atoms with Gasteiger partial charge in [0.15, 0.2) is 6.61 Å². The summed E-state index contributed by atoms with van der Waals surface area (Å²) in [5.74, 6) is 0.213. The summed E-state index contributed by atoms with van der Waals surface area (Å²) in [6.45, 7) is 1.72. The summed E-state index contributed by atoms with van der Waals surface area (Å²) < 4.78 is 6.05. The third kappa shape index (κ3) is 4.32. The van der Waals surface area contributed by atoms with E-state index in [9.17, 15) is 9.59 Å². The molecule has 0 heterocycles. The van der Waals surface area contributed by atoms with Gasteiger partial charge in [-0.05, 0) is 64.8 Å². The topological polar surface area (TPSA) is 55.4 Å². The molecule has 2 aromatic carbocycles. The Morgan fingerprint density at radius 3 is 2.73 bits per heavy atom. The molecule has 2 aromatic rings. The van der Waals surface area contributed by atoms with Gasteiger partial charge in [0.25, 0.3) is 5.91 Å². The van der Waals surface area contributed by atoms with Gasteiger partial charge in [0, 0.05) is 16.3 Å². The number of halogens is 2. The summed E-state index contributed by atoms with van der Waals surface area (Å²) >= 11 is 9.16. The molecule has 0 aliphatic heterocycles. The SMILES string of the molecule is Cc1cc(Cl)ccc1NC(=O)COc1ccc(C=O)cc1Br. The van der Waals surface area contributed by atoms with E-state index in [0.717, 1.165) is 11.8 Å². The zero-order chi connectivity index (χ0) is 16.1. The molecule has 0 atom stereocenters. The van der Waals surface area contributed by atoms with Crippen molar-refractivity contribution in [3.05, 3.63) is 57.0 Å². The standard InChI is InChI=1S/C16H13BrClNO3/c1-10-6-12(18)3-4-14(10)19-16(21)9-22-15-5-2-11(8-20)7-13(15)17/h2-8H,9H2,1H3,(H,19,21). The molecule has 0 saturated carbocycles. The van der Waals surface area contributed by atoms with Crippen LogP contribution in [0.25, 0.3) is 0 Å². The molecule has 114 valence electrons. The van der Waals surface area contributed by atoms with Crippen LogP contribution >= 0.6 is 27.5 Å². The average molecular weight is 383 g/mol. The van der Waals surface area contributed by atoms with E-state index in [-0.39, 0.29) is 12.5 Å². The molecule has 1 N–H and O–H groups in total. The number of hydrogen-bond donors (Lipinski definition) is 1. The fourth-order valence-electron chi connectivity index (χ4n) is 1.80. The summed E-state index contributed by atoms with van der Waals surface area (Å²) in [6, 6.07) is 10.1. The molecule has 0 fully saturated rings. The van der Waals surface area contributed by atoms with Crippen molar-refractivity contribution in [2.45, 2.75) is 6.92 Å². The highest BCUT2D eigenvalue weighted by Gasteiger charge is 2.08. The third-order valence-electron chi connectivity index (χ3n) is 2.91. The quantitative estimate of drug-likeness (QED) is 0.787. The molecule has 1 amide bonds. The molecular formula is C16H13BrClNO3. The van der Waals surface area contributed by atoms with Crippen molar-refractivity contribution in [3.8, 4) is 5.75 Å². The van der Waals surface area contributed by atoms with Crippen molar-refractivity contribution in [2.75, 3.05) is 11.9 Å². The minimum absolute atomic E-state index is 0.138. The van der Waals surface area contributed by atoms with Crippen LogP contribution < -0.4 is 10.1 Å². The van der Waals surface area contributed by atoms with Crippen LogP contribution in [0.5, 0.6) is 5.75 Å². The van der Waals surface area contributed by atoms with E-state index in [1.807, 2.05) is 6.92 Å². The van der Waals surface area contributed by atoms with Crippen molar-refractivity contribution in [2.24, 2.45) is 0 Å². The predicted octanol–water partition coefficient (Wildman–Crippen LogP) is 4.24. The monoisotopic (exact) mass is 381 g/mol. The molecule has 0 bridgehead atoms. The largest absolute Gasteiger partial charge is 0.483 e. The second-order valence-electron chi connectivity index (χ2n) is 4.60. The number of carbonyl (C=O) groups is 2. The number of hydrogen-bond acceptors (Lipinski definition) is 3. The Balaban J connectivity index is 1.96. The Hall–Kier alpha value is -1.85. The highest BCUT2D eigenvalue weighted by molar-refractivity contribution is 9.10. The second-order valence-corrected chi connectivity index (χ2v) is 5.89. The number of ether oxygens (including phenoxy) is 1. The smallest absolute Gasteiger partial charge is 0.262 e. The highest BCUT2D eigenvalue weighted by atomic mass is 79.9. The number of amides is 1. The normalized spacial score (nSPS) is 10.1. The third-order valence-corrected chi connectivity index (χ3v) is 3.77. The lowest BCUT2D eigenvalue weighted by Gasteiger charge is -2.11. The molecular weight excluding hydrogens is 370 g/mol. The summed E-state index contributed by atoms with van der Waals surface area (Å²) in [7, 11) is 0. The number of carbonyl (C=O) groups excluding carboxylic acids is 2. The Morgan fingerprint density at radius 2 is 2.09 bits per heavy atom. The summed E-state index contributed by atoms with van der Waals surface area (Å²) in [6.07, 6.45) is 0.741. The van der Waals surface area contributed by atoms with E-state index in [4.69, 9.17) is 16.3 Å². The Morgan fingerprint density at radius 1 is 1.32 bits per heavy atom. The van der Waals surface area contributed by atoms with E-state index in [2.05, 4.69) is 21.2 Å². The summed E-state index contributed by atoms with van der Waals surface area (Å²) in [5.41, 5.74) is 2.09. The zero-order valence-electron chi connectivity index (χ0n) is 11.7. The summed E-state index contributed by atoms with van der Waals surface area (Å²) in [4.78, 5) is 22.6. The van der Waals surface area contributed by atoms with Crippen LogP contribution in [0.2, 0.25) is 5.02 Å². The molecule has 6 heteroatoms. The lowest BCUT2D eigenvalue weighted by molar-refractivity contribution is -0.118. The van der Waals surface area contributed by atoms with Gasteiger partial charge in [-0.3, -0.25) is 9.59 Å². The first kappa shape index (κ1) is 16.5. The summed E-state index contributed by atoms with van der Waals surface area (Å²) in [5, 5.41) is 3.37. The van der Waals surface area contributed by atoms with Crippen LogP contribution in [-0.4, -0.2) is 18.8 Å². The van der Waals surface area contributed by atoms with Crippen LogP contribution in [0.15, 0.2) is 40.9 Å². The van der Waals surface area contributed by atoms with E-state index < -0.39 is 0 Å². The maximum absolute atomic E-state index is 11.9. The fourth-order valence-corrected chi connectivity index (χ4v) is 2.54. The maximum atomic E-state index is 11.9. The molecule has 0 saturated heterocycles. The van der Waals surface area contributed by atoms with Crippen LogP contribution in [-0.2, 0) is 4.79 Å². The van der Waals surface area contributed by atoms with E-state index >= 15 is 0 Å². The molecule has 0 radical (unpaired) electrons. The minimum Gasteiger partial charge on any atom is -0.483 e. The number of anilines is 1. The van der Waals surface area contributed by atoms with Gasteiger partial charge < -0.3 is 10.1 Å². The van der Waals surface area contributed by atoms with E-state index in [1.165, 1.54) is 0 Å². The molecule has 0 unspecified atom stereocenters. The first-order valence-corrected chi connectivity index (χ1v) is 7.60. The number of benzene rings is 2. The van der Waals surface area contributed by atoms with Gasteiger partial charge >= 0.3 is 0 Å². The maximum Gasteiger partial charge on any atom is 0.262 e. The van der Waals surface area contributed by atoms with Crippen molar-refractivity contribution in [3.63, 3.8) is 0 Å². The van der Waals surface area contributed by atoms with Gasteiger partial charge in [0.05, 0.1) is 4.47 Å². The lowest BCUT2D eigenvalue weighted by Crippen LogP contribution is -2.20. The lowest BCUT2D eigenvalue weighted by atomic mass is 10.2. The first-order valence-electron chi connectivity index (χ1n) is 6.43. The van der Waals surface area contributed by atoms with Crippen LogP contribution in [0.1, 0.15) is 15.9 Å². The van der Waals surface area contributed by atoms with Crippen LogP contribution in [0, 0.1) is 6.92 Å². The molecule has 0 aromatic heterocycles. The molecule has 4 nitrogen and oxygen atoms in total.